The average Bonchev–Trinajstić information content (AvgIpc) is 2.44. The highest BCUT2D eigenvalue weighted by Gasteiger charge is 2.16. The van der Waals surface area contributed by atoms with Crippen LogP contribution in [-0.4, -0.2) is 35.0 Å². The quantitative estimate of drug-likeness (QED) is 0.684. The van der Waals surface area contributed by atoms with Gasteiger partial charge in [-0.25, -0.2) is 9.97 Å². The minimum atomic E-state index is -0.331. The Labute approximate surface area is 127 Å². The molecule has 0 aliphatic rings. The lowest BCUT2D eigenvalue weighted by molar-refractivity contribution is -0.121. The van der Waals surface area contributed by atoms with Gasteiger partial charge in [-0.15, -0.1) is 0 Å². The van der Waals surface area contributed by atoms with Crippen LogP contribution in [-0.2, 0) is 11.2 Å². The van der Waals surface area contributed by atoms with Crippen molar-refractivity contribution in [3.05, 3.63) is 11.4 Å². The van der Waals surface area contributed by atoms with Crippen LogP contribution in [0.3, 0.4) is 0 Å². The zero-order valence-electron chi connectivity index (χ0n) is 13.7. The third-order valence-corrected chi connectivity index (χ3v) is 3.11. The van der Waals surface area contributed by atoms with Crippen LogP contribution in [0.15, 0.2) is 0 Å². The van der Waals surface area contributed by atoms with Crippen LogP contribution in [0.2, 0.25) is 0 Å². The van der Waals surface area contributed by atoms with Gasteiger partial charge in [-0.2, -0.15) is 0 Å². The van der Waals surface area contributed by atoms with E-state index < -0.39 is 0 Å². The molecule has 0 saturated heterocycles. The maximum absolute atomic E-state index is 11.8. The molecule has 1 aromatic rings. The van der Waals surface area contributed by atoms with Gasteiger partial charge in [-0.05, 0) is 34.1 Å². The highest BCUT2D eigenvalue weighted by atomic mass is 16.2. The van der Waals surface area contributed by atoms with Gasteiger partial charge in [0.2, 0.25) is 5.91 Å². The molecule has 118 valence electrons. The fourth-order valence-electron chi connectivity index (χ4n) is 1.98. The number of carbonyl (C=O) groups excluding carboxylic acids is 1. The monoisotopic (exact) mass is 293 g/mol. The summed E-state index contributed by atoms with van der Waals surface area (Å²) in [5, 5.41) is 9.24. The molecule has 0 spiro atoms. The molecular formula is C15H27N5O. The summed E-state index contributed by atoms with van der Waals surface area (Å²) in [4.78, 5) is 20.9. The lowest BCUT2D eigenvalue weighted by Gasteiger charge is -2.18. The number of likely N-dealkylation sites (N-methyl/N-ethyl adjacent to an activating group) is 1. The number of aryl methyl sites for hydroxylation is 1. The Hall–Kier alpha value is -1.85. The highest BCUT2D eigenvalue weighted by Crippen LogP contribution is 2.21. The molecule has 0 aliphatic heterocycles. The van der Waals surface area contributed by atoms with Crippen LogP contribution in [0.1, 0.15) is 45.5 Å². The van der Waals surface area contributed by atoms with Crippen molar-refractivity contribution < 1.29 is 4.79 Å². The molecule has 0 bridgehead atoms. The first-order valence-electron chi connectivity index (χ1n) is 7.69. The van der Waals surface area contributed by atoms with Crippen molar-refractivity contribution in [2.45, 2.75) is 53.5 Å². The molecule has 0 radical (unpaired) electrons. The van der Waals surface area contributed by atoms with Gasteiger partial charge in [-0.1, -0.05) is 6.92 Å². The first-order valence-corrected chi connectivity index (χ1v) is 7.69. The van der Waals surface area contributed by atoms with Crippen molar-refractivity contribution in [1.82, 2.24) is 15.3 Å². The molecule has 0 saturated carbocycles. The standard InChI is InChI=1S/C15H27N5O/c1-6-9-12-19-13(16-7-2)10(4)14(20-12)18-11(5)15(21)17-8-3/h11H,6-9H2,1-5H3,(H,17,21)(H2,16,18,19,20). The maximum Gasteiger partial charge on any atom is 0.242 e. The molecule has 1 amide bonds. The van der Waals surface area contributed by atoms with Crippen molar-refractivity contribution in [1.29, 1.82) is 0 Å². The van der Waals surface area contributed by atoms with Crippen LogP contribution >= 0.6 is 0 Å². The van der Waals surface area contributed by atoms with Crippen LogP contribution in [0.4, 0.5) is 11.6 Å². The first-order chi connectivity index (χ1) is 10.0. The summed E-state index contributed by atoms with van der Waals surface area (Å²) in [5.41, 5.74) is 0.938. The van der Waals surface area contributed by atoms with E-state index in [9.17, 15) is 4.79 Å². The molecule has 6 nitrogen and oxygen atoms in total. The van der Waals surface area contributed by atoms with E-state index >= 15 is 0 Å². The Balaban J connectivity index is 3.00. The summed E-state index contributed by atoms with van der Waals surface area (Å²) in [7, 11) is 0. The Bertz CT molecular complexity index is 475. The molecule has 6 heteroatoms. The van der Waals surface area contributed by atoms with E-state index in [1.807, 2.05) is 27.7 Å². The molecule has 1 aromatic heterocycles. The van der Waals surface area contributed by atoms with E-state index in [-0.39, 0.29) is 11.9 Å². The summed E-state index contributed by atoms with van der Waals surface area (Å²) < 4.78 is 0. The van der Waals surface area contributed by atoms with E-state index in [4.69, 9.17) is 0 Å². The second-order valence-corrected chi connectivity index (χ2v) is 5.00. The van der Waals surface area contributed by atoms with Gasteiger partial charge < -0.3 is 16.0 Å². The van der Waals surface area contributed by atoms with Crippen molar-refractivity contribution in [3.63, 3.8) is 0 Å². The van der Waals surface area contributed by atoms with E-state index in [0.717, 1.165) is 42.4 Å². The topological polar surface area (TPSA) is 78.9 Å². The van der Waals surface area contributed by atoms with E-state index in [2.05, 4.69) is 32.8 Å². The van der Waals surface area contributed by atoms with Crippen LogP contribution in [0.5, 0.6) is 0 Å². The van der Waals surface area contributed by atoms with Gasteiger partial charge in [-0.3, -0.25) is 4.79 Å². The number of carbonyl (C=O) groups is 1. The Morgan fingerprint density at radius 2 is 1.81 bits per heavy atom. The molecule has 3 N–H and O–H groups in total. The summed E-state index contributed by atoms with van der Waals surface area (Å²) in [6.45, 7) is 11.3. The molecule has 0 aromatic carbocycles. The number of nitrogens with zero attached hydrogens (tertiary/aromatic N) is 2. The fourth-order valence-corrected chi connectivity index (χ4v) is 1.98. The number of hydrogen-bond donors (Lipinski definition) is 3. The zero-order valence-corrected chi connectivity index (χ0v) is 13.7. The molecular weight excluding hydrogens is 266 g/mol. The normalized spacial score (nSPS) is 11.9. The van der Waals surface area contributed by atoms with Crippen molar-refractivity contribution in [2.24, 2.45) is 0 Å². The van der Waals surface area contributed by atoms with Crippen LogP contribution < -0.4 is 16.0 Å². The number of rotatable bonds is 8. The van der Waals surface area contributed by atoms with E-state index in [0.29, 0.717) is 6.54 Å². The molecule has 0 aliphatic carbocycles. The minimum absolute atomic E-state index is 0.0300. The van der Waals surface area contributed by atoms with Crippen molar-refractivity contribution in [2.75, 3.05) is 23.7 Å². The largest absolute Gasteiger partial charge is 0.370 e. The molecule has 1 unspecified atom stereocenters. The van der Waals surface area contributed by atoms with E-state index in [1.54, 1.807) is 0 Å². The summed E-state index contributed by atoms with van der Waals surface area (Å²) in [5.74, 6) is 2.33. The molecule has 1 rings (SSSR count). The second kappa shape index (κ2) is 8.44. The molecule has 21 heavy (non-hydrogen) atoms. The van der Waals surface area contributed by atoms with Gasteiger partial charge in [0, 0.05) is 25.1 Å². The Morgan fingerprint density at radius 3 is 2.38 bits per heavy atom. The number of aromatic nitrogens is 2. The zero-order chi connectivity index (χ0) is 15.8. The number of nitrogens with one attached hydrogen (secondary N) is 3. The lowest BCUT2D eigenvalue weighted by Crippen LogP contribution is -2.37. The minimum Gasteiger partial charge on any atom is -0.370 e. The van der Waals surface area contributed by atoms with E-state index in [1.165, 1.54) is 0 Å². The lowest BCUT2D eigenvalue weighted by atomic mass is 10.2. The van der Waals surface area contributed by atoms with Gasteiger partial charge in [0.05, 0.1) is 0 Å². The molecule has 1 atom stereocenters. The fraction of sp³-hybridized carbons (Fsp3) is 0.667. The average molecular weight is 293 g/mol. The maximum atomic E-state index is 11.8. The first kappa shape index (κ1) is 17.2. The Morgan fingerprint density at radius 1 is 1.14 bits per heavy atom. The van der Waals surface area contributed by atoms with Gasteiger partial charge >= 0.3 is 0 Å². The van der Waals surface area contributed by atoms with Crippen molar-refractivity contribution >= 4 is 17.5 Å². The molecule has 0 fully saturated rings. The van der Waals surface area contributed by atoms with Crippen LogP contribution in [0.25, 0.3) is 0 Å². The summed E-state index contributed by atoms with van der Waals surface area (Å²) >= 11 is 0. The number of anilines is 2. The highest BCUT2D eigenvalue weighted by molar-refractivity contribution is 5.84. The predicted octanol–water partition coefficient (Wildman–Crippen LogP) is 2.11. The van der Waals surface area contributed by atoms with Crippen molar-refractivity contribution in [3.8, 4) is 0 Å². The third kappa shape index (κ3) is 4.88. The van der Waals surface area contributed by atoms with Gasteiger partial charge in [0.1, 0.15) is 23.5 Å². The van der Waals surface area contributed by atoms with Gasteiger partial charge in [0.25, 0.3) is 0 Å². The number of hydrogen-bond acceptors (Lipinski definition) is 5. The smallest absolute Gasteiger partial charge is 0.242 e. The summed E-state index contributed by atoms with van der Waals surface area (Å²) in [6, 6.07) is -0.331. The Kier molecular flexibility index (Phi) is 6.91. The molecule has 1 heterocycles. The second-order valence-electron chi connectivity index (χ2n) is 5.00. The SMILES string of the molecule is CCCc1nc(NCC)c(C)c(NC(C)C(=O)NCC)n1. The number of amides is 1. The predicted molar refractivity (Wildman–Crippen MR) is 86.7 cm³/mol. The third-order valence-electron chi connectivity index (χ3n) is 3.11. The van der Waals surface area contributed by atoms with Gasteiger partial charge in [0.15, 0.2) is 0 Å². The summed E-state index contributed by atoms with van der Waals surface area (Å²) in [6.07, 6.45) is 1.81. The van der Waals surface area contributed by atoms with Crippen LogP contribution in [0, 0.1) is 6.92 Å².